The molecule has 0 aromatic carbocycles. The zero-order chi connectivity index (χ0) is 12.6. The van der Waals surface area contributed by atoms with Crippen LogP contribution in [-0.4, -0.2) is 42.8 Å². The summed E-state index contributed by atoms with van der Waals surface area (Å²) in [4.78, 5) is 15.6. The van der Waals surface area contributed by atoms with Gasteiger partial charge in [-0.1, -0.05) is 27.6 Å². The smallest absolute Gasteiger partial charge is 0.390 e. The number of aliphatic hydroxyl groups is 1. The van der Waals surface area contributed by atoms with Crippen LogP contribution < -0.4 is 0 Å². The van der Waals surface area contributed by atoms with Gasteiger partial charge in [-0.3, -0.25) is 0 Å². The summed E-state index contributed by atoms with van der Waals surface area (Å²) in [6.45, 7) is 0. The molecule has 2 N–H and O–H groups in total. The molecule has 4 atom stereocenters. The maximum absolute atomic E-state index is 13.7. The van der Waals surface area contributed by atoms with Gasteiger partial charge in [0.1, 0.15) is 24.1 Å². The summed E-state index contributed by atoms with van der Waals surface area (Å²) in [6.07, 6.45) is -3.34. The third-order valence-corrected chi connectivity index (χ3v) is 3.40. The minimum absolute atomic E-state index is 0.163. The van der Waals surface area contributed by atoms with Gasteiger partial charge < -0.3 is 20.0 Å². The largest absolute Gasteiger partial charge is 0.432 e. The van der Waals surface area contributed by atoms with E-state index in [1.54, 1.807) is 0 Å². The quantitative estimate of drug-likeness (QED) is 0.362. The van der Waals surface area contributed by atoms with Gasteiger partial charge in [0.2, 0.25) is 0 Å². The summed E-state index contributed by atoms with van der Waals surface area (Å²) < 4.78 is 19.4. The van der Waals surface area contributed by atoms with Gasteiger partial charge >= 0.3 is 5.95 Å². The Kier molecular flexibility index (Phi) is 3.58. The molecule has 1 saturated heterocycles. The van der Waals surface area contributed by atoms with Crippen molar-refractivity contribution in [2.75, 3.05) is 4.43 Å². The highest BCUT2D eigenvalue weighted by Gasteiger charge is 2.46. The van der Waals surface area contributed by atoms with Crippen LogP contribution in [0.15, 0.2) is 6.20 Å². The van der Waals surface area contributed by atoms with Crippen LogP contribution >= 0.6 is 22.6 Å². The molecule has 0 amide bonds. The Hall–Kier alpha value is -0.810. The van der Waals surface area contributed by atoms with Crippen LogP contribution in [0.1, 0.15) is 11.8 Å². The zero-order valence-corrected chi connectivity index (χ0v) is 10.6. The van der Waals surface area contributed by atoms with Gasteiger partial charge in [0.05, 0.1) is 6.10 Å². The highest BCUT2D eigenvalue weighted by atomic mass is 127. The molecule has 1 aliphatic heterocycles. The first-order chi connectivity index (χ1) is 8.04. The van der Waals surface area contributed by atoms with Crippen molar-refractivity contribution in [3.63, 3.8) is 0 Å². The first-order valence-corrected chi connectivity index (χ1v) is 6.30. The maximum Gasteiger partial charge on any atom is 0.432 e. The second kappa shape index (κ2) is 4.82. The molecule has 0 aliphatic carbocycles. The van der Waals surface area contributed by atoms with E-state index in [4.69, 9.17) is 4.74 Å². The summed E-state index contributed by atoms with van der Waals surface area (Å²) in [5.74, 6) is -0.469. The first-order valence-electron chi connectivity index (χ1n) is 4.77. The molecule has 2 heterocycles. The Labute approximate surface area is 109 Å². The van der Waals surface area contributed by atoms with Crippen molar-refractivity contribution in [2.24, 2.45) is 0 Å². The molecule has 9 heteroatoms. The Morgan fingerprint density at radius 2 is 2.47 bits per heavy atom. The van der Waals surface area contributed by atoms with Crippen LogP contribution in [0.3, 0.4) is 0 Å². The number of nitro groups is 1. The van der Waals surface area contributed by atoms with Crippen molar-refractivity contribution >= 4 is 28.5 Å². The zero-order valence-electron chi connectivity index (χ0n) is 8.42. The number of ether oxygens (including phenoxy) is 1. The van der Waals surface area contributed by atoms with E-state index in [1.807, 2.05) is 22.6 Å². The van der Waals surface area contributed by atoms with Gasteiger partial charge in [-0.25, -0.2) is 9.37 Å². The molecule has 1 fully saturated rings. The highest BCUT2D eigenvalue weighted by molar-refractivity contribution is 14.1. The van der Waals surface area contributed by atoms with Crippen LogP contribution in [0.2, 0.25) is 0 Å². The van der Waals surface area contributed by atoms with Gasteiger partial charge in [0.25, 0.3) is 0 Å². The summed E-state index contributed by atoms with van der Waals surface area (Å²) in [6, 6.07) is 0. The first kappa shape index (κ1) is 12.6. The highest BCUT2D eigenvalue weighted by Crippen LogP contribution is 2.35. The Balaban J connectivity index is 2.19. The Morgan fingerprint density at radius 1 is 1.76 bits per heavy atom. The second-order valence-electron chi connectivity index (χ2n) is 3.60. The lowest BCUT2D eigenvalue weighted by molar-refractivity contribution is -0.393. The number of nitrogens with one attached hydrogen (secondary N) is 1. The average Bonchev–Trinajstić information content (AvgIpc) is 2.87. The van der Waals surface area contributed by atoms with Crippen LogP contribution in [0.4, 0.5) is 10.3 Å². The number of aliphatic hydroxyl groups excluding tert-OH is 1. The van der Waals surface area contributed by atoms with Crippen molar-refractivity contribution in [1.82, 2.24) is 9.97 Å². The topological polar surface area (TPSA) is 101 Å². The standard InChI is InChI=1S/C8H9FIN3O4/c9-5-6(14)4(1-10)17-7(5)3-2-11-8(12-3)13(15)16/h2,4-7,14H,1H2,(H,11,12)/t4-,5+,6-,7+/m1/s1. The molecule has 94 valence electrons. The number of aromatic nitrogens is 2. The molecule has 0 saturated carbocycles. The predicted octanol–water partition coefficient (Wildman–Crippen LogP) is 0.892. The number of imidazole rings is 1. The molecule has 1 aromatic rings. The van der Waals surface area contributed by atoms with Gasteiger partial charge in [0.15, 0.2) is 6.17 Å². The molecule has 0 bridgehead atoms. The molecule has 2 rings (SSSR count). The normalized spacial score (nSPS) is 32.9. The molecule has 1 aromatic heterocycles. The number of aromatic amines is 1. The third-order valence-electron chi connectivity index (χ3n) is 2.53. The fourth-order valence-corrected chi connectivity index (χ4v) is 2.39. The van der Waals surface area contributed by atoms with E-state index in [0.717, 1.165) is 6.20 Å². The minimum Gasteiger partial charge on any atom is -0.390 e. The van der Waals surface area contributed by atoms with Crippen LogP contribution in [0.25, 0.3) is 0 Å². The molecule has 17 heavy (non-hydrogen) atoms. The molecule has 0 radical (unpaired) electrons. The molecule has 0 unspecified atom stereocenters. The number of hydrogen-bond acceptors (Lipinski definition) is 5. The number of hydrogen-bond donors (Lipinski definition) is 2. The summed E-state index contributed by atoms with van der Waals surface area (Å²) in [5.41, 5.74) is 0.163. The van der Waals surface area contributed by atoms with Crippen LogP contribution in [0.5, 0.6) is 0 Å². The predicted molar refractivity (Wildman–Crippen MR) is 62.6 cm³/mol. The summed E-state index contributed by atoms with van der Waals surface area (Å²) in [5, 5.41) is 20.0. The number of rotatable bonds is 3. The van der Waals surface area contributed by atoms with Gasteiger partial charge in [-0.15, -0.1) is 0 Å². The van der Waals surface area contributed by atoms with Crippen molar-refractivity contribution in [3.05, 3.63) is 22.0 Å². The molecule has 7 nitrogen and oxygen atoms in total. The Morgan fingerprint density at radius 3 is 2.94 bits per heavy atom. The number of H-pyrrole nitrogens is 1. The summed E-state index contributed by atoms with van der Waals surface area (Å²) in [7, 11) is 0. The van der Waals surface area contributed by atoms with E-state index in [2.05, 4.69) is 9.97 Å². The average molecular weight is 357 g/mol. The van der Waals surface area contributed by atoms with E-state index in [9.17, 15) is 19.6 Å². The van der Waals surface area contributed by atoms with E-state index in [1.165, 1.54) is 0 Å². The fourth-order valence-electron chi connectivity index (χ4n) is 1.66. The van der Waals surface area contributed by atoms with Crippen molar-refractivity contribution in [2.45, 2.75) is 24.5 Å². The van der Waals surface area contributed by atoms with Crippen molar-refractivity contribution in [3.8, 4) is 0 Å². The van der Waals surface area contributed by atoms with Crippen LogP contribution in [-0.2, 0) is 4.74 Å². The monoisotopic (exact) mass is 357 g/mol. The van der Waals surface area contributed by atoms with Gasteiger partial charge in [0, 0.05) is 4.43 Å². The van der Waals surface area contributed by atoms with Crippen molar-refractivity contribution in [1.29, 1.82) is 0 Å². The van der Waals surface area contributed by atoms with E-state index in [-0.39, 0.29) is 5.69 Å². The molecule has 1 aliphatic rings. The molecular weight excluding hydrogens is 348 g/mol. The molecular formula is C8H9FIN3O4. The SMILES string of the molecule is O=[N+]([O-])c1ncc([C@@H]2O[C@H](CI)[C@@H](O)[C@@H]2F)[nH]1. The minimum atomic E-state index is -1.62. The Bertz CT molecular complexity index is 429. The maximum atomic E-state index is 13.7. The molecule has 0 spiro atoms. The third kappa shape index (κ3) is 2.26. The van der Waals surface area contributed by atoms with Gasteiger partial charge in [-0.05, 0) is 4.92 Å². The lowest BCUT2D eigenvalue weighted by Gasteiger charge is -2.08. The van der Waals surface area contributed by atoms with Crippen LogP contribution in [0, 0.1) is 10.1 Å². The van der Waals surface area contributed by atoms with E-state index in [0.29, 0.717) is 4.43 Å². The van der Waals surface area contributed by atoms with E-state index >= 15 is 0 Å². The lowest BCUT2D eigenvalue weighted by atomic mass is 10.1. The number of alkyl halides is 2. The second-order valence-corrected chi connectivity index (χ2v) is 4.48. The van der Waals surface area contributed by atoms with E-state index < -0.39 is 35.4 Å². The van der Waals surface area contributed by atoms with Gasteiger partial charge in [-0.2, -0.15) is 0 Å². The number of nitrogens with zero attached hydrogens (tertiary/aromatic N) is 2. The lowest BCUT2D eigenvalue weighted by Crippen LogP contribution is -2.28. The fraction of sp³-hybridized carbons (Fsp3) is 0.625. The number of halogens is 2. The summed E-state index contributed by atoms with van der Waals surface area (Å²) >= 11 is 1.97. The van der Waals surface area contributed by atoms with Crippen molar-refractivity contribution < 1.29 is 19.2 Å².